The summed E-state index contributed by atoms with van der Waals surface area (Å²) >= 11 is 0. The topological polar surface area (TPSA) is 46.5 Å². The number of aliphatic hydroxyl groups excluding tert-OH is 1. The first-order valence-corrected chi connectivity index (χ1v) is 11.2. The molecule has 0 rings (SSSR count). The lowest BCUT2D eigenvalue weighted by molar-refractivity contribution is -0.126. The predicted molar refractivity (Wildman–Crippen MR) is 101 cm³/mol. The van der Waals surface area contributed by atoms with Crippen LogP contribution >= 0.6 is 0 Å². The third-order valence-corrected chi connectivity index (χ3v) is 11.2. The Morgan fingerprint density at radius 3 is 1.78 bits per heavy atom. The highest BCUT2D eigenvalue weighted by Gasteiger charge is 2.46. The largest absolute Gasteiger partial charge is 0.413 e. The van der Waals surface area contributed by atoms with Gasteiger partial charge >= 0.3 is 0 Å². The fourth-order valence-corrected chi connectivity index (χ4v) is 9.42. The Morgan fingerprint density at radius 1 is 1.00 bits per heavy atom. The van der Waals surface area contributed by atoms with Crippen molar-refractivity contribution in [2.24, 2.45) is 5.92 Å². The zero-order valence-electron chi connectivity index (χ0n) is 16.6. The molecule has 0 aromatic rings. The summed E-state index contributed by atoms with van der Waals surface area (Å²) in [5.74, 6) is -0.312. The molecule has 0 saturated carbocycles. The first-order valence-electron chi connectivity index (χ1n) is 9.01. The van der Waals surface area contributed by atoms with Crippen molar-refractivity contribution in [2.45, 2.75) is 97.6 Å². The van der Waals surface area contributed by atoms with E-state index in [1.54, 1.807) is 19.1 Å². The summed E-state index contributed by atoms with van der Waals surface area (Å²) in [5.41, 5.74) is 1.52. The Labute approximate surface area is 144 Å². The van der Waals surface area contributed by atoms with Gasteiger partial charge in [0.25, 0.3) is 0 Å². The summed E-state index contributed by atoms with van der Waals surface area (Å²) in [6.45, 7) is 19.1. The van der Waals surface area contributed by atoms with E-state index in [9.17, 15) is 9.90 Å². The molecule has 0 aromatic carbocycles. The molecule has 0 amide bonds. The molecule has 1 N–H and O–H groups in total. The van der Waals surface area contributed by atoms with E-state index in [0.717, 1.165) is 0 Å². The van der Waals surface area contributed by atoms with E-state index >= 15 is 0 Å². The Bertz CT molecular complexity index is 366. The summed E-state index contributed by atoms with van der Waals surface area (Å²) < 4.78 is 6.60. The lowest BCUT2D eigenvalue weighted by Gasteiger charge is -2.44. The second-order valence-corrected chi connectivity index (χ2v) is 13.1. The molecule has 0 fully saturated rings. The number of carbonyl (C=O) groups excluding carboxylic acids is 1. The summed E-state index contributed by atoms with van der Waals surface area (Å²) in [7, 11) is -1.96. The van der Waals surface area contributed by atoms with Gasteiger partial charge in [0, 0.05) is 18.4 Å². The molecule has 0 saturated heterocycles. The molecule has 0 heterocycles. The van der Waals surface area contributed by atoms with E-state index in [-0.39, 0.29) is 17.8 Å². The first kappa shape index (κ1) is 22.5. The molecule has 0 aromatic heterocycles. The van der Waals surface area contributed by atoms with Gasteiger partial charge in [0.15, 0.2) is 0 Å². The van der Waals surface area contributed by atoms with Crippen LogP contribution in [0.1, 0.15) is 68.7 Å². The van der Waals surface area contributed by atoms with Crippen molar-refractivity contribution in [3.8, 4) is 0 Å². The Hall–Kier alpha value is -0.453. The molecular formula is C19H38O3Si. The van der Waals surface area contributed by atoms with E-state index in [1.165, 1.54) is 0 Å². The highest BCUT2D eigenvalue weighted by molar-refractivity contribution is 6.77. The van der Waals surface area contributed by atoms with E-state index in [2.05, 4.69) is 41.5 Å². The molecule has 0 radical (unpaired) electrons. The molecule has 3 nitrogen and oxygen atoms in total. The smallest absolute Gasteiger partial charge is 0.200 e. The molecule has 0 aliphatic carbocycles. The summed E-state index contributed by atoms with van der Waals surface area (Å²) in [6.07, 6.45) is 3.02. The molecule has 4 heteroatoms. The Kier molecular flexibility index (Phi) is 9.56. The van der Waals surface area contributed by atoms with Gasteiger partial charge < -0.3 is 9.53 Å². The third kappa shape index (κ3) is 5.84. The number of allylic oxidation sites excluding steroid dienone is 1. The minimum absolute atomic E-state index is 0.0715. The maximum atomic E-state index is 12.4. The van der Waals surface area contributed by atoms with Crippen molar-refractivity contribution in [3.05, 3.63) is 12.2 Å². The maximum absolute atomic E-state index is 12.4. The molecule has 1 unspecified atom stereocenters. The van der Waals surface area contributed by atoms with Crippen molar-refractivity contribution < 1.29 is 14.3 Å². The van der Waals surface area contributed by atoms with Gasteiger partial charge in [-0.15, -0.1) is 0 Å². The van der Waals surface area contributed by atoms with Gasteiger partial charge in [-0.25, -0.2) is 0 Å². The molecule has 0 spiro atoms. The number of hydrogen-bond donors (Lipinski definition) is 1. The van der Waals surface area contributed by atoms with Crippen LogP contribution in [-0.2, 0) is 9.22 Å². The Balaban J connectivity index is 5.03. The molecular weight excluding hydrogens is 304 g/mol. The number of rotatable bonds is 10. The lowest BCUT2D eigenvalue weighted by atomic mass is 9.95. The van der Waals surface area contributed by atoms with E-state index < -0.39 is 14.4 Å². The van der Waals surface area contributed by atoms with Crippen LogP contribution in [0, 0.1) is 5.92 Å². The number of carbonyl (C=O) groups is 1. The zero-order chi connectivity index (χ0) is 18.4. The fraction of sp³-hybridized carbons (Fsp3) is 0.842. The van der Waals surface area contributed by atoms with Crippen LogP contribution in [0.4, 0.5) is 0 Å². The summed E-state index contributed by atoms with van der Waals surface area (Å²) in [5, 5.41) is 9.96. The highest BCUT2D eigenvalue weighted by Crippen LogP contribution is 2.43. The van der Waals surface area contributed by atoms with Crippen LogP contribution < -0.4 is 0 Å². The maximum Gasteiger partial charge on any atom is 0.200 e. The van der Waals surface area contributed by atoms with E-state index in [0.29, 0.717) is 23.0 Å². The van der Waals surface area contributed by atoms with Crippen LogP contribution in [-0.4, -0.2) is 31.4 Å². The first-order chi connectivity index (χ1) is 10.5. The quantitative estimate of drug-likeness (QED) is 0.444. The van der Waals surface area contributed by atoms with E-state index in [1.807, 2.05) is 13.8 Å². The number of Topliss-reactive ketones (excluding diaryl/α,β-unsaturated/α-hetero) is 1. The van der Waals surface area contributed by atoms with Gasteiger partial charge in [-0.05, 0) is 30.5 Å². The molecule has 136 valence electrons. The van der Waals surface area contributed by atoms with Gasteiger partial charge in [-0.1, -0.05) is 60.6 Å². The molecule has 23 heavy (non-hydrogen) atoms. The second-order valence-electron chi connectivity index (χ2n) is 7.72. The summed E-state index contributed by atoms with van der Waals surface area (Å²) in [6, 6.07) is 0. The van der Waals surface area contributed by atoms with Crippen molar-refractivity contribution in [3.63, 3.8) is 0 Å². The predicted octanol–water partition coefficient (Wildman–Crippen LogP) is 5.10. The molecule has 0 aliphatic rings. The van der Waals surface area contributed by atoms with Gasteiger partial charge in [-0.2, -0.15) is 0 Å². The van der Waals surface area contributed by atoms with Crippen LogP contribution in [0.5, 0.6) is 0 Å². The number of aliphatic hydroxyl groups is 1. The normalized spacial score (nSPS) is 17.3. The molecule has 3 atom stereocenters. The standard InChI is InChI=1S/C19H38O3Si/c1-10-11-18(20)17(9)19(21)12-16(8)22-23(13(2)3,14(4)5)15(6)7/h10-11,13-18,20H,12H2,1-9H3/b11-10+/t16-,17+,18?/m0/s1. The Morgan fingerprint density at radius 2 is 1.43 bits per heavy atom. The fourth-order valence-electron chi connectivity index (χ4n) is 3.82. The van der Waals surface area contributed by atoms with Gasteiger partial charge in [0.1, 0.15) is 5.78 Å². The average molecular weight is 343 g/mol. The van der Waals surface area contributed by atoms with Gasteiger partial charge in [-0.3, -0.25) is 4.79 Å². The third-order valence-electron chi connectivity index (χ3n) is 5.01. The van der Waals surface area contributed by atoms with Gasteiger partial charge in [0.05, 0.1) is 6.10 Å². The average Bonchev–Trinajstić information content (AvgIpc) is 2.42. The van der Waals surface area contributed by atoms with E-state index in [4.69, 9.17) is 4.43 Å². The minimum atomic E-state index is -1.96. The number of ketones is 1. The molecule has 0 aliphatic heterocycles. The van der Waals surface area contributed by atoms with Crippen LogP contribution in [0.2, 0.25) is 16.6 Å². The molecule has 0 bridgehead atoms. The summed E-state index contributed by atoms with van der Waals surface area (Å²) in [4.78, 5) is 12.4. The number of hydrogen-bond acceptors (Lipinski definition) is 3. The van der Waals surface area contributed by atoms with Crippen molar-refractivity contribution in [2.75, 3.05) is 0 Å². The van der Waals surface area contributed by atoms with Gasteiger partial charge in [0.2, 0.25) is 8.32 Å². The highest BCUT2D eigenvalue weighted by atomic mass is 28.4. The second kappa shape index (κ2) is 9.75. The monoisotopic (exact) mass is 342 g/mol. The van der Waals surface area contributed by atoms with Crippen molar-refractivity contribution in [1.82, 2.24) is 0 Å². The zero-order valence-corrected chi connectivity index (χ0v) is 17.6. The van der Waals surface area contributed by atoms with Crippen LogP contribution in [0.3, 0.4) is 0 Å². The van der Waals surface area contributed by atoms with Crippen molar-refractivity contribution in [1.29, 1.82) is 0 Å². The van der Waals surface area contributed by atoms with Crippen LogP contribution in [0.25, 0.3) is 0 Å². The minimum Gasteiger partial charge on any atom is -0.413 e. The van der Waals surface area contributed by atoms with Crippen LogP contribution in [0.15, 0.2) is 12.2 Å². The van der Waals surface area contributed by atoms with Crippen molar-refractivity contribution >= 4 is 14.1 Å². The SMILES string of the molecule is C/C=C/C(O)[C@@H](C)C(=O)C[C@H](C)O[Si](C(C)C)(C(C)C)C(C)C. The lowest BCUT2D eigenvalue weighted by Crippen LogP contribution is -2.50.